The van der Waals surface area contributed by atoms with Crippen LogP contribution in [-0.2, 0) is 21.2 Å². The Bertz CT molecular complexity index is 855. The van der Waals surface area contributed by atoms with Crippen molar-refractivity contribution in [1.82, 2.24) is 19.8 Å². The quantitative estimate of drug-likeness (QED) is 0.624. The number of hydrogen-bond donors (Lipinski definition) is 2. The van der Waals surface area contributed by atoms with E-state index in [2.05, 4.69) is 10.6 Å². The summed E-state index contributed by atoms with van der Waals surface area (Å²) in [5, 5.41) is 6.11. The molecule has 2 fully saturated rings. The van der Waals surface area contributed by atoms with E-state index in [9.17, 15) is 18.0 Å². The molecule has 34 heavy (non-hydrogen) atoms. The summed E-state index contributed by atoms with van der Waals surface area (Å²) in [5.74, 6) is 0.223. The van der Waals surface area contributed by atoms with Crippen molar-refractivity contribution in [1.29, 1.82) is 0 Å². The van der Waals surface area contributed by atoms with Crippen LogP contribution in [0.3, 0.4) is 0 Å². The zero-order valence-electron chi connectivity index (χ0n) is 21.5. The summed E-state index contributed by atoms with van der Waals surface area (Å²) in [7, 11) is -3.39. The lowest BCUT2D eigenvalue weighted by Crippen LogP contribution is -2.48. The fraction of sp³-hybridized carbons (Fsp3) is 0.667. The summed E-state index contributed by atoms with van der Waals surface area (Å²) in [6.07, 6.45) is 2.60. The molecule has 1 aromatic carbocycles. The van der Waals surface area contributed by atoms with Crippen LogP contribution >= 0.6 is 0 Å². The highest BCUT2D eigenvalue weighted by Gasteiger charge is 2.36. The molecule has 2 amide bonds. The van der Waals surface area contributed by atoms with Gasteiger partial charge in [0, 0.05) is 38.8 Å². The summed E-state index contributed by atoms with van der Waals surface area (Å²) in [4.78, 5) is 26.4. The Kier molecular flexibility index (Phi) is 13.1. The maximum atomic E-state index is 12.5. The molecule has 0 radical (unpaired) electrons. The van der Waals surface area contributed by atoms with Gasteiger partial charge in [0.15, 0.2) is 0 Å². The van der Waals surface area contributed by atoms with Gasteiger partial charge in [-0.25, -0.2) is 13.2 Å². The van der Waals surface area contributed by atoms with Crippen molar-refractivity contribution in [2.75, 3.05) is 39.0 Å². The molecule has 2 heterocycles. The second-order valence-electron chi connectivity index (χ2n) is 7.89. The van der Waals surface area contributed by atoms with E-state index in [1.54, 1.807) is 17.0 Å². The third kappa shape index (κ3) is 9.23. The number of piperazine rings is 1. The number of carbonyl (C=O) groups is 2. The largest absolute Gasteiger partial charge is 0.415 e. The molecule has 2 aliphatic heterocycles. The first kappa shape index (κ1) is 29.9. The Morgan fingerprint density at radius 3 is 2.24 bits per heavy atom. The van der Waals surface area contributed by atoms with E-state index in [1.165, 1.54) is 4.31 Å². The van der Waals surface area contributed by atoms with Crippen molar-refractivity contribution < 1.29 is 22.7 Å². The Morgan fingerprint density at radius 2 is 1.68 bits per heavy atom. The Labute approximate surface area is 205 Å². The van der Waals surface area contributed by atoms with Gasteiger partial charge in [-0.05, 0) is 43.9 Å². The molecule has 2 N–H and O–H groups in total. The molecule has 0 bridgehead atoms. The minimum Gasteiger partial charge on any atom is -0.410 e. The van der Waals surface area contributed by atoms with Gasteiger partial charge in [0.25, 0.3) is 0 Å². The van der Waals surface area contributed by atoms with Crippen molar-refractivity contribution in [2.24, 2.45) is 0 Å². The number of sulfonamides is 1. The smallest absolute Gasteiger partial charge is 0.410 e. The van der Waals surface area contributed by atoms with Crippen molar-refractivity contribution in [3.8, 4) is 5.75 Å². The first-order chi connectivity index (χ1) is 16.2. The molecule has 0 aromatic heterocycles. The minimum atomic E-state index is -3.39. The number of nitrogens with one attached hydrogen (secondary N) is 2. The third-order valence-corrected chi connectivity index (χ3v) is 6.66. The molecule has 10 heteroatoms. The number of ether oxygens (including phenoxy) is 1. The lowest BCUT2D eigenvalue weighted by atomic mass is 10.1. The van der Waals surface area contributed by atoms with Gasteiger partial charge < -0.3 is 20.3 Å². The van der Waals surface area contributed by atoms with Crippen LogP contribution in [0, 0.1) is 0 Å². The molecular weight excluding hydrogens is 456 g/mol. The summed E-state index contributed by atoms with van der Waals surface area (Å²) in [6, 6.07) is 6.42. The molecule has 0 saturated carbocycles. The zero-order chi connectivity index (χ0) is 25.7. The van der Waals surface area contributed by atoms with Gasteiger partial charge in [-0.15, -0.1) is 0 Å². The van der Waals surface area contributed by atoms with Gasteiger partial charge >= 0.3 is 6.09 Å². The van der Waals surface area contributed by atoms with E-state index in [0.717, 1.165) is 24.9 Å². The van der Waals surface area contributed by atoms with Crippen molar-refractivity contribution in [2.45, 2.75) is 66.0 Å². The molecule has 2 aliphatic rings. The van der Waals surface area contributed by atoms with Crippen molar-refractivity contribution >= 4 is 22.0 Å². The van der Waals surface area contributed by atoms with Gasteiger partial charge in [-0.1, -0.05) is 39.8 Å². The molecule has 2 atom stereocenters. The second kappa shape index (κ2) is 15.0. The highest BCUT2D eigenvalue weighted by Crippen LogP contribution is 2.21. The first-order valence-corrected chi connectivity index (χ1v) is 14.1. The van der Waals surface area contributed by atoms with E-state index >= 15 is 0 Å². The number of carbonyl (C=O) groups excluding carboxylic acids is 2. The number of hydrogen-bond acceptors (Lipinski definition) is 6. The molecule has 194 valence electrons. The first-order valence-electron chi connectivity index (χ1n) is 12.3. The predicted octanol–water partition coefficient (Wildman–Crippen LogP) is 2.61. The van der Waals surface area contributed by atoms with Gasteiger partial charge in [0.05, 0.1) is 6.26 Å². The van der Waals surface area contributed by atoms with Crippen LogP contribution < -0.4 is 15.4 Å². The highest BCUT2D eigenvalue weighted by molar-refractivity contribution is 7.88. The molecular formula is C24H42N4O5S. The van der Waals surface area contributed by atoms with Crippen LogP contribution in [0.2, 0.25) is 0 Å². The zero-order valence-corrected chi connectivity index (χ0v) is 22.3. The maximum Gasteiger partial charge on any atom is 0.415 e. The van der Waals surface area contributed by atoms with Gasteiger partial charge in [0.1, 0.15) is 11.8 Å². The van der Waals surface area contributed by atoms with Gasteiger partial charge in [-0.3, -0.25) is 4.79 Å². The van der Waals surface area contributed by atoms with Crippen LogP contribution in [0.4, 0.5) is 4.79 Å². The monoisotopic (exact) mass is 498 g/mol. The summed E-state index contributed by atoms with van der Waals surface area (Å²) < 4.78 is 30.4. The average molecular weight is 499 g/mol. The number of benzene rings is 1. The second-order valence-corrected chi connectivity index (χ2v) is 9.83. The molecule has 9 nitrogen and oxygen atoms in total. The van der Waals surface area contributed by atoms with E-state index in [4.69, 9.17) is 4.74 Å². The van der Waals surface area contributed by atoms with Gasteiger partial charge in [0.2, 0.25) is 15.9 Å². The summed E-state index contributed by atoms with van der Waals surface area (Å²) in [5.41, 5.74) is 0.983. The normalized spacial score (nSPS) is 19.1. The molecule has 0 spiro atoms. The van der Waals surface area contributed by atoms with E-state index in [0.29, 0.717) is 44.6 Å². The molecule has 1 aromatic rings. The van der Waals surface area contributed by atoms with E-state index in [1.807, 2.05) is 46.8 Å². The Hall–Kier alpha value is -2.17. The van der Waals surface area contributed by atoms with Crippen LogP contribution in [0.15, 0.2) is 24.3 Å². The number of nitrogens with zero attached hydrogens (tertiary/aromatic N) is 2. The van der Waals surface area contributed by atoms with Crippen LogP contribution in [0.1, 0.15) is 53.0 Å². The average Bonchev–Trinajstić information content (AvgIpc) is 3.35. The van der Waals surface area contributed by atoms with Crippen LogP contribution in [-0.4, -0.2) is 80.7 Å². The lowest BCUT2D eigenvalue weighted by molar-refractivity contribution is -0.124. The lowest BCUT2D eigenvalue weighted by Gasteiger charge is -2.26. The van der Waals surface area contributed by atoms with Gasteiger partial charge in [-0.2, -0.15) is 4.31 Å². The predicted molar refractivity (Wildman–Crippen MR) is 135 cm³/mol. The number of rotatable bonds is 6. The summed E-state index contributed by atoms with van der Waals surface area (Å²) >= 11 is 0. The van der Waals surface area contributed by atoms with Crippen molar-refractivity contribution in [3.63, 3.8) is 0 Å². The maximum absolute atomic E-state index is 12.5. The van der Waals surface area contributed by atoms with E-state index < -0.39 is 16.1 Å². The fourth-order valence-electron chi connectivity index (χ4n) is 3.85. The van der Waals surface area contributed by atoms with E-state index in [-0.39, 0.29) is 18.0 Å². The van der Waals surface area contributed by atoms with Crippen LogP contribution in [0.5, 0.6) is 5.75 Å². The summed E-state index contributed by atoms with van der Waals surface area (Å²) in [6.45, 7) is 13.1. The fourth-order valence-corrected chi connectivity index (χ4v) is 4.97. The highest BCUT2D eigenvalue weighted by atomic mass is 32.2. The van der Waals surface area contributed by atoms with Crippen LogP contribution in [0.25, 0.3) is 0 Å². The Morgan fingerprint density at radius 1 is 1.09 bits per heavy atom. The van der Waals surface area contributed by atoms with Crippen molar-refractivity contribution in [3.05, 3.63) is 29.8 Å². The molecule has 2 saturated heterocycles. The SMILES string of the molecule is CC.CC.CC(Cc1ccc(OC(=O)N2CCNCC2)cc1)NC(=O)C1CCCN1S(C)(=O)=O. The molecule has 3 rings (SSSR count). The standard InChI is InChI=1S/C20H30N4O5S.2C2H6/c1-15(22-19(25)18-4-3-11-24(18)30(2,27)28)14-16-5-7-17(8-6-16)29-20(26)23-12-9-21-10-13-23;2*1-2/h5-8,15,18,21H,3-4,9-14H2,1-2H3,(H,22,25);2*1-2H3. The topological polar surface area (TPSA) is 108 Å². The third-order valence-electron chi connectivity index (χ3n) is 5.37. The minimum absolute atomic E-state index is 0.159. The Balaban J connectivity index is 0.00000137. The number of amides is 2. The molecule has 0 aliphatic carbocycles. The molecule has 2 unspecified atom stereocenters.